The molecule has 2 saturated carbocycles. The summed E-state index contributed by atoms with van der Waals surface area (Å²) >= 11 is 0. The molecule has 13 heavy (non-hydrogen) atoms. The highest BCUT2D eigenvalue weighted by atomic mass is 16.6. The van der Waals surface area contributed by atoms with Gasteiger partial charge in [0.2, 0.25) is 0 Å². The molecule has 0 amide bonds. The molecule has 72 valence electrons. The maximum atomic E-state index is 11.3. The lowest BCUT2D eigenvalue weighted by molar-refractivity contribution is -0.142. The van der Waals surface area contributed by atoms with Crippen LogP contribution in [0.4, 0.5) is 0 Å². The fraction of sp³-hybridized carbons (Fsp3) is 0.909. The van der Waals surface area contributed by atoms with Gasteiger partial charge < -0.3 is 4.74 Å². The van der Waals surface area contributed by atoms with Gasteiger partial charge in [0.25, 0.3) is 0 Å². The Kier molecular flexibility index (Phi) is 1.17. The van der Waals surface area contributed by atoms with Gasteiger partial charge in [-0.25, -0.2) is 0 Å². The summed E-state index contributed by atoms with van der Waals surface area (Å²) in [4.78, 5) is 11.3. The van der Waals surface area contributed by atoms with E-state index >= 15 is 0 Å². The average molecular weight is 180 g/mol. The van der Waals surface area contributed by atoms with E-state index in [0.29, 0.717) is 11.8 Å². The van der Waals surface area contributed by atoms with E-state index in [0.717, 1.165) is 12.3 Å². The third-order valence-electron chi connectivity index (χ3n) is 5.09. The molecule has 3 aliphatic rings. The van der Waals surface area contributed by atoms with Crippen LogP contribution in [0.25, 0.3) is 0 Å². The molecule has 2 bridgehead atoms. The van der Waals surface area contributed by atoms with Crippen molar-refractivity contribution < 1.29 is 9.53 Å². The van der Waals surface area contributed by atoms with Crippen LogP contribution in [-0.4, -0.2) is 12.1 Å². The molecular weight excluding hydrogens is 164 g/mol. The Balaban J connectivity index is 2.09. The molecule has 1 aliphatic heterocycles. The molecule has 0 N–H and O–H groups in total. The highest BCUT2D eigenvalue weighted by Gasteiger charge is 2.68. The smallest absolute Gasteiger partial charge is 0.306 e. The van der Waals surface area contributed by atoms with Gasteiger partial charge in [-0.1, -0.05) is 13.8 Å². The molecule has 2 nitrogen and oxygen atoms in total. The van der Waals surface area contributed by atoms with Crippen molar-refractivity contribution in [2.75, 3.05) is 0 Å². The van der Waals surface area contributed by atoms with Crippen LogP contribution in [0.1, 0.15) is 39.5 Å². The number of esters is 1. The molecule has 1 spiro atoms. The quantitative estimate of drug-likeness (QED) is 0.534. The molecule has 0 aromatic heterocycles. The molecule has 0 aromatic rings. The van der Waals surface area contributed by atoms with Crippen molar-refractivity contribution in [3.05, 3.63) is 0 Å². The van der Waals surface area contributed by atoms with E-state index in [1.54, 1.807) is 0 Å². The van der Waals surface area contributed by atoms with Crippen LogP contribution in [0.3, 0.4) is 0 Å². The van der Waals surface area contributed by atoms with Crippen molar-refractivity contribution in [3.63, 3.8) is 0 Å². The van der Waals surface area contributed by atoms with E-state index < -0.39 is 0 Å². The van der Waals surface area contributed by atoms with Gasteiger partial charge in [0.1, 0.15) is 6.10 Å². The van der Waals surface area contributed by atoms with E-state index in [2.05, 4.69) is 13.8 Å². The van der Waals surface area contributed by atoms with Gasteiger partial charge in [-0.3, -0.25) is 4.79 Å². The molecule has 0 aromatic carbocycles. The molecule has 3 rings (SSSR count). The van der Waals surface area contributed by atoms with Crippen LogP contribution < -0.4 is 0 Å². The van der Waals surface area contributed by atoms with E-state index in [9.17, 15) is 4.79 Å². The number of rotatable bonds is 0. The Morgan fingerprint density at radius 2 is 2.23 bits per heavy atom. The van der Waals surface area contributed by atoms with Gasteiger partial charge >= 0.3 is 5.97 Å². The van der Waals surface area contributed by atoms with Crippen molar-refractivity contribution in [1.82, 2.24) is 0 Å². The lowest BCUT2D eigenvalue weighted by Gasteiger charge is -2.35. The van der Waals surface area contributed by atoms with E-state index in [4.69, 9.17) is 4.74 Å². The fourth-order valence-corrected chi connectivity index (χ4v) is 4.04. The molecule has 0 radical (unpaired) electrons. The SMILES string of the molecule is CC1(C)[C@@H]2CC[C@@]13CC(=O)O[C@@H]3C2. The van der Waals surface area contributed by atoms with Crippen molar-refractivity contribution in [2.24, 2.45) is 16.7 Å². The minimum Gasteiger partial charge on any atom is -0.462 e. The number of carbonyl (C=O) groups excluding carboxylic acids is 1. The molecule has 2 heteroatoms. The number of hydrogen-bond donors (Lipinski definition) is 0. The van der Waals surface area contributed by atoms with Crippen molar-refractivity contribution in [3.8, 4) is 0 Å². The Labute approximate surface area is 78.6 Å². The van der Waals surface area contributed by atoms with E-state index in [-0.39, 0.29) is 17.5 Å². The third kappa shape index (κ3) is 0.660. The maximum absolute atomic E-state index is 11.3. The molecule has 0 unspecified atom stereocenters. The largest absolute Gasteiger partial charge is 0.462 e. The second-order valence-electron chi connectivity index (χ2n) is 5.50. The summed E-state index contributed by atoms with van der Waals surface area (Å²) < 4.78 is 5.41. The molecule has 3 fully saturated rings. The fourth-order valence-electron chi connectivity index (χ4n) is 4.04. The zero-order valence-corrected chi connectivity index (χ0v) is 8.30. The van der Waals surface area contributed by atoms with E-state index in [1.165, 1.54) is 12.8 Å². The molecule has 3 atom stereocenters. The van der Waals surface area contributed by atoms with Gasteiger partial charge in [0.05, 0.1) is 6.42 Å². The van der Waals surface area contributed by atoms with E-state index in [1.807, 2.05) is 0 Å². The lowest BCUT2D eigenvalue weighted by atomic mass is 9.67. The first-order valence-corrected chi connectivity index (χ1v) is 5.26. The van der Waals surface area contributed by atoms with Crippen LogP contribution in [-0.2, 0) is 9.53 Å². The minimum atomic E-state index is 0.0402. The number of fused-ring (bicyclic) bond motifs is 1. The summed E-state index contributed by atoms with van der Waals surface area (Å²) in [5, 5.41) is 0. The summed E-state index contributed by atoms with van der Waals surface area (Å²) in [5.74, 6) is 0.837. The predicted molar refractivity (Wildman–Crippen MR) is 48.1 cm³/mol. The van der Waals surface area contributed by atoms with Gasteiger partial charge in [-0.05, 0) is 30.6 Å². The summed E-state index contributed by atoms with van der Waals surface area (Å²) in [6, 6.07) is 0. The number of hydrogen-bond acceptors (Lipinski definition) is 2. The molecule has 1 saturated heterocycles. The van der Waals surface area contributed by atoms with Gasteiger partial charge in [0, 0.05) is 5.41 Å². The first-order chi connectivity index (χ1) is 6.06. The zero-order chi connectivity index (χ0) is 9.27. The summed E-state index contributed by atoms with van der Waals surface area (Å²) in [6.07, 6.45) is 4.58. The predicted octanol–water partition coefficient (Wildman–Crippen LogP) is 2.13. The Morgan fingerprint density at radius 3 is 2.85 bits per heavy atom. The average Bonchev–Trinajstić information content (AvgIpc) is 2.55. The molecule has 1 heterocycles. The lowest BCUT2D eigenvalue weighted by Crippen LogP contribution is -2.34. The van der Waals surface area contributed by atoms with Crippen LogP contribution in [0.2, 0.25) is 0 Å². The van der Waals surface area contributed by atoms with Gasteiger partial charge in [0.15, 0.2) is 0 Å². The monoisotopic (exact) mass is 180 g/mol. The summed E-state index contributed by atoms with van der Waals surface area (Å²) in [5.41, 5.74) is 0.554. The zero-order valence-electron chi connectivity index (χ0n) is 8.30. The van der Waals surface area contributed by atoms with Crippen molar-refractivity contribution >= 4 is 5.97 Å². The number of ether oxygens (including phenoxy) is 1. The first kappa shape index (κ1) is 7.84. The normalized spacial score (nSPS) is 50.8. The Bertz CT molecular complexity index is 282. The maximum Gasteiger partial charge on any atom is 0.306 e. The standard InChI is InChI=1S/C11H16O2/c1-10(2)7-3-4-11(10)6-9(12)13-8(11)5-7/h7-8H,3-6H2,1-2H3/t7-,8-,11+/m1/s1. The van der Waals surface area contributed by atoms with Crippen LogP contribution in [0, 0.1) is 16.7 Å². The molecular formula is C11H16O2. The highest BCUT2D eigenvalue weighted by molar-refractivity contribution is 5.74. The van der Waals surface area contributed by atoms with Gasteiger partial charge in [-0.15, -0.1) is 0 Å². The van der Waals surface area contributed by atoms with Crippen LogP contribution in [0.5, 0.6) is 0 Å². The Morgan fingerprint density at radius 1 is 1.46 bits per heavy atom. The second kappa shape index (κ2) is 1.94. The summed E-state index contributed by atoms with van der Waals surface area (Å²) in [6.45, 7) is 4.65. The van der Waals surface area contributed by atoms with Crippen LogP contribution in [0.15, 0.2) is 0 Å². The van der Waals surface area contributed by atoms with Crippen LogP contribution >= 0.6 is 0 Å². The molecule has 2 aliphatic carbocycles. The Hall–Kier alpha value is -0.530. The van der Waals surface area contributed by atoms with Crippen molar-refractivity contribution in [2.45, 2.75) is 45.6 Å². The summed E-state index contributed by atoms with van der Waals surface area (Å²) in [7, 11) is 0. The second-order valence-corrected chi connectivity index (χ2v) is 5.50. The first-order valence-electron chi connectivity index (χ1n) is 5.26. The van der Waals surface area contributed by atoms with Crippen molar-refractivity contribution in [1.29, 1.82) is 0 Å². The van der Waals surface area contributed by atoms with Gasteiger partial charge in [-0.2, -0.15) is 0 Å². The minimum absolute atomic E-state index is 0.0402. The third-order valence-corrected chi connectivity index (χ3v) is 5.09. The highest BCUT2D eigenvalue weighted by Crippen LogP contribution is 2.70. The topological polar surface area (TPSA) is 26.3 Å². The number of carbonyl (C=O) groups is 1.